The van der Waals surface area contributed by atoms with Crippen LogP contribution in [0.3, 0.4) is 0 Å². The van der Waals surface area contributed by atoms with Gasteiger partial charge in [0.2, 0.25) is 5.91 Å². The summed E-state index contributed by atoms with van der Waals surface area (Å²) in [6.07, 6.45) is 0. The Labute approximate surface area is 139 Å². The fourth-order valence-electron chi connectivity index (χ4n) is 3.17. The van der Waals surface area contributed by atoms with Gasteiger partial charge in [-0.25, -0.2) is 0 Å². The van der Waals surface area contributed by atoms with E-state index in [0.717, 1.165) is 16.9 Å². The molecule has 0 saturated heterocycles. The average Bonchev–Trinajstić information content (AvgIpc) is 3.11. The molecule has 5 nitrogen and oxygen atoms in total. The second-order valence-electron chi connectivity index (χ2n) is 5.85. The molecule has 0 aliphatic carbocycles. The van der Waals surface area contributed by atoms with Gasteiger partial charge in [-0.1, -0.05) is 43.0 Å². The molecule has 2 aliphatic heterocycles. The molecule has 0 spiro atoms. The normalized spacial score (nSPS) is 18.2. The maximum absolute atomic E-state index is 12.4. The van der Waals surface area contributed by atoms with E-state index < -0.39 is 0 Å². The van der Waals surface area contributed by atoms with Crippen molar-refractivity contribution in [2.75, 3.05) is 13.2 Å². The molecule has 2 aromatic carbocycles. The summed E-state index contributed by atoms with van der Waals surface area (Å²) >= 11 is 0. The quantitative estimate of drug-likeness (QED) is 0.944. The van der Waals surface area contributed by atoms with Gasteiger partial charge in [0.15, 0.2) is 0 Å². The number of hydrogen-bond donors (Lipinski definition) is 1. The van der Waals surface area contributed by atoms with E-state index in [1.807, 2.05) is 36.4 Å². The summed E-state index contributed by atoms with van der Waals surface area (Å²) in [6.45, 7) is 4.30. The lowest BCUT2D eigenvalue weighted by atomic mass is 10.1. The highest BCUT2D eigenvalue weighted by molar-refractivity contribution is 6.10. The van der Waals surface area contributed by atoms with E-state index in [0.29, 0.717) is 17.9 Å². The van der Waals surface area contributed by atoms with E-state index in [-0.39, 0.29) is 24.4 Å². The molecule has 0 radical (unpaired) electrons. The molecule has 120 valence electrons. The SMILES string of the molecule is C=C1c2ccccc2C(=O)N1CC(=O)N[C@@H]1COc2ccccc21. The van der Waals surface area contributed by atoms with Crippen molar-refractivity contribution >= 4 is 17.5 Å². The monoisotopic (exact) mass is 320 g/mol. The predicted molar refractivity (Wildman–Crippen MR) is 89.3 cm³/mol. The van der Waals surface area contributed by atoms with Gasteiger partial charge in [-0.2, -0.15) is 0 Å². The van der Waals surface area contributed by atoms with Gasteiger partial charge in [-0.05, 0) is 12.1 Å². The van der Waals surface area contributed by atoms with Crippen LogP contribution in [0.2, 0.25) is 0 Å². The molecule has 1 atom stereocenters. The molecule has 5 heteroatoms. The number of fused-ring (bicyclic) bond motifs is 2. The van der Waals surface area contributed by atoms with Crippen LogP contribution in [-0.2, 0) is 4.79 Å². The zero-order valence-electron chi connectivity index (χ0n) is 13.0. The van der Waals surface area contributed by atoms with Gasteiger partial charge in [0.25, 0.3) is 5.91 Å². The Kier molecular flexibility index (Phi) is 3.34. The van der Waals surface area contributed by atoms with Crippen molar-refractivity contribution in [3.63, 3.8) is 0 Å². The van der Waals surface area contributed by atoms with E-state index in [1.54, 1.807) is 12.1 Å². The van der Waals surface area contributed by atoms with Gasteiger partial charge < -0.3 is 10.1 Å². The predicted octanol–water partition coefficient (Wildman–Crippen LogP) is 2.36. The van der Waals surface area contributed by atoms with Crippen molar-refractivity contribution in [3.05, 3.63) is 71.8 Å². The van der Waals surface area contributed by atoms with Crippen molar-refractivity contribution < 1.29 is 14.3 Å². The second kappa shape index (κ2) is 5.53. The zero-order chi connectivity index (χ0) is 16.7. The number of carbonyl (C=O) groups is 2. The van der Waals surface area contributed by atoms with Crippen LogP contribution in [0.5, 0.6) is 5.75 Å². The van der Waals surface area contributed by atoms with Crippen LogP contribution in [0.25, 0.3) is 5.70 Å². The molecule has 2 aliphatic rings. The molecule has 24 heavy (non-hydrogen) atoms. The maximum atomic E-state index is 12.4. The lowest BCUT2D eigenvalue weighted by Gasteiger charge is -2.19. The van der Waals surface area contributed by atoms with Gasteiger partial charge in [0.1, 0.15) is 18.9 Å². The van der Waals surface area contributed by atoms with Crippen LogP contribution in [0.15, 0.2) is 55.1 Å². The Bertz CT molecular complexity index is 824. The molecule has 0 bridgehead atoms. The van der Waals surface area contributed by atoms with E-state index >= 15 is 0 Å². The molecule has 2 aromatic rings. The molecule has 0 fully saturated rings. The third-order valence-electron chi connectivity index (χ3n) is 4.38. The summed E-state index contributed by atoms with van der Waals surface area (Å²) in [5.74, 6) is 0.369. The number of amides is 2. The zero-order valence-corrected chi connectivity index (χ0v) is 13.0. The minimum Gasteiger partial charge on any atom is -0.491 e. The highest BCUT2D eigenvalue weighted by Gasteiger charge is 2.33. The van der Waals surface area contributed by atoms with Crippen molar-refractivity contribution in [3.8, 4) is 5.75 Å². The standard InChI is InChI=1S/C19H16N2O3/c1-12-13-6-2-3-7-14(13)19(23)21(12)10-18(22)20-16-11-24-17-9-5-4-8-15(16)17/h2-9,16H,1,10-11H2,(H,20,22)/t16-/m1/s1. The van der Waals surface area contributed by atoms with Crippen molar-refractivity contribution in [2.45, 2.75) is 6.04 Å². The molecule has 0 saturated carbocycles. The first kappa shape index (κ1) is 14.5. The number of nitrogens with zero attached hydrogens (tertiary/aromatic N) is 1. The molecule has 0 unspecified atom stereocenters. The van der Waals surface area contributed by atoms with Gasteiger partial charge >= 0.3 is 0 Å². The summed E-state index contributed by atoms with van der Waals surface area (Å²) < 4.78 is 5.56. The van der Waals surface area contributed by atoms with Crippen LogP contribution < -0.4 is 10.1 Å². The van der Waals surface area contributed by atoms with E-state index in [2.05, 4.69) is 11.9 Å². The number of hydrogen-bond acceptors (Lipinski definition) is 3. The largest absolute Gasteiger partial charge is 0.491 e. The van der Waals surface area contributed by atoms with Crippen LogP contribution in [0.4, 0.5) is 0 Å². The number of carbonyl (C=O) groups excluding carboxylic acids is 2. The first-order valence-corrected chi connectivity index (χ1v) is 7.76. The van der Waals surface area contributed by atoms with Gasteiger partial charge in [0.05, 0.1) is 6.04 Å². The van der Waals surface area contributed by atoms with E-state index in [4.69, 9.17) is 4.74 Å². The smallest absolute Gasteiger partial charge is 0.259 e. The second-order valence-corrected chi connectivity index (χ2v) is 5.85. The Morgan fingerprint density at radius 1 is 1.17 bits per heavy atom. The first-order valence-electron chi connectivity index (χ1n) is 7.76. The lowest BCUT2D eigenvalue weighted by molar-refractivity contribution is -0.122. The third kappa shape index (κ3) is 2.25. The molecular weight excluding hydrogens is 304 g/mol. The maximum Gasteiger partial charge on any atom is 0.259 e. The summed E-state index contributed by atoms with van der Waals surface area (Å²) in [7, 11) is 0. The minimum atomic E-state index is -0.234. The molecule has 2 amide bonds. The average molecular weight is 320 g/mol. The van der Waals surface area contributed by atoms with Gasteiger partial charge in [-0.15, -0.1) is 0 Å². The van der Waals surface area contributed by atoms with Crippen molar-refractivity contribution in [1.29, 1.82) is 0 Å². The number of ether oxygens (including phenoxy) is 1. The van der Waals surface area contributed by atoms with Crippen molar-refractivity contribution in [2.24, 2.45) is 0 Å². The molecule has 4 rings (SSSR count). The van der Waals surface area contributed by atoms with Crippen LogP contribution in [0, 0.1) is 0 Å². The number of benzene rings is 2. The van der Waals surface area contributed by atoms with Crippen molar-refractivity contribution in [1.82, 2.24) is 10.2 Å². The Hall–Kier alpha value is -3.08. The molecule has 0 aromatic heterocycles. The minimum absolute atomic E-state index is 0.0506. The highest BCUT2D eigenvalue weighted by Crippen LogP contribution is 2.33. The number of nitrogens with one attached hydrogen (secondary N) is 1. The Balaban J connectivity index is 1.47. The Morgan fingerprint density at radius 3 is 2.67 bits per heavy atom. The third-order valence-corrected chi connectivity index (χ3v) is 4.38. The Morgan fingerprint density at radius 2 is 1.88 bits per heavy atom. The summed E-state index contributed by atoms with van der Waals surface area (Å²) in [4.78, 5) is 26.3. The van der Waals surface area contributed by atoms with E-state index in [1.165, 1.54) is 4.90 Å². The summed E-state index contributed by atoms with van der Waals surface area (Å²) in [5.41, 5.74) is 2.89. The fourth-order valence-corrected chi connectivity index (χ4v) is 3.17. The van der Waals surface area contributed by atoms with Crippen LogP contribution in [-0.4, -0.2) is 29.9 Å². The molecule has 1 N–H and O–H groups in total. The number of para-hydroxylation sites is 1. The van der Waals surface area contributed by atoms with Crippen LogP contribution in [0.1, 0.15) is 27.5 Å². The lowest BCUT2D eigenvalue weighted by Crippen LogP contribution is -2.39. The van der Waals surface area contributed by atoms with Gasteiger partial charge in [0, 0.05) is 22.4 Å². The fraction of sp³-hybridized carbons (Fsp3) is 0.158. The highest BCUT2D eigenvalue weighted by atomic mass is 16.5. The van der Waals surface area contributed by atoms with E-state index in [9.17, 15) is 9.59 Å². The number of rotatable bonds is 3. The summed E-state index contributed by atoms with van der Waals surface area (Å²) in [5, 5.41) is 2.93. The first-order chi connectivity index (χ1) is 11.6. The molecular formula is C19H16N2O3. The topological polar surface area (TPSA) is 58.6 Å². The van der Waals surface area contributed by atoms with Crippen LogP contribution >= 0.6 is 0 Å². The molecule has 2 heterocycles. The summed E-state index contributed by atoms with van der Waals surface area (Å²) in [6, 6.07) is 14.7. The van der Waals surface area contributed by atoms with Gasteiger partial charge in [-0.3, -0.25) is 14.5 Å².